The van der Waals surface area contributed by atoms with Crippen LogP contribution in [0.25, 0.3) is 0 Å². The Balaban J connectivity index is 1.98. The van der Waals surface area contributed by atoms with Gasteiger partial charge >= 0.3 is 0 Å². The number of carbonyl (C=O) groups is 1. The van der Waals surface area contributed by atoms with Crippen LogP contribution in [0.4, 0.5) is 5.69 Å². The monoisotopic (exact) mass is 310 g/mol. The number of carbonyl (C=O) groups excluding carboxylic acids is 1. The van der Waals surface area contributed by atoms with Gasteiger partial charge in [-0.05, 0) is 46.3 Å². The van der Waals surface area contributed by atoms with Gasteiger partial charge in [0.1, 0.15) is 0 Å². The summed E-state index contributed by atoms with van der Waals surface area (Å²) < 4.78 is 1.06. The summed E-state index contributed by atoms with van der Waals surface area (Å²) in [5.41, 5.74) is 6.80. The second kappa shape index (κ2) is 5.33. The van der Waals surface area contributed by atoms with Crippen molar-refractivity contribution in [1.82, 2.24) is 5.32 Å². The molecule has 0 saturated heterocycles. The van der Waals surface area contributed by atoms with E-state index in [1.165, 1.54) is 0 Å². The van der Waals surface area contributed by atoms with Crippen molar-refractivity contribution < 1.29 is 4.79 Å². The highest BCUT2D eigenvalue weighted by Crippen LogP contribution is 2.21. The number of hydrogen-bond acceptors (Lipinski definition) is 3. The van der Waals surface area contributed by atoms with Crippen molar-refractivity contribution in [3.05, 3.63) is 50.6 Å². The molecule has 1 amide bonds. The van der Waals surface area contributed by atoms with Crippen LogP contribution in [0, 0.1) is 0 Å². The first-order valence-electron chi connectivity index (χ1n) is 5.03. The molecular weight excluding hydrogens is 300 g/mol. The highest BCUT2D eigenvalue weighted by Gasteiger charge is 2.06. The van der Waals surface area contributed by atoms with Gasteiger partial charge in [0, 0.05) is 16.1 Å². The van der Waals surface area contributed by atoms with Crippen LogP contribution in [-0.4, -0.2) is 5.91 Å². The van der Waals surface area contributed by atoms with Crippen molar-refractivity contribution in [2.75, 3.05) is 5.73 Å². The molecule has 0 radical (unpaired) electrons. The van der Waals surface area contributed by atoms with Gasteiger partial charge in [-0.15, -0.1) is 11.3 Å². The van der Waals surface area contributed by atoms with E-state index >= 15 is 0 Å². The molecule has 1 aromatic heterocycles. The molecule has 1 heterocycles. The van der Waals surface area contributed by atoms with Crippen LogP contribution in [0.5, 0.6) is 0 Å². The van der Waals surface area contributed by atoms with Gasteiger partial charge in [0.2, 0.25) is 0 Å². The molecule has 0 saturated carbocycles. The number of nitrogens with two attached hydrogens (primary N) is 1. The summed E-state index contributed by atoms with van der Waals surface area (Å²) in [4.78, 5) is 12.9. The third kappa shape index (κ3) is 3.31. The van der Waals surface area contributed by atoms with Gasteiger partial charge in [-0.2, -0.15) is 0 Å². The number of nitrogens with one attached hydrogen (secondary N) is 1. The first-order chi connectivity index (χ1) is 8.15. The zero-order chi connectivity index (χ0) is 12.3. The minimum atomic E-state index is -0.109. The summed E-state index contributed by atoms with van der Waals surface area (Å²) in [5, 5.41) is 2.85. The van der Waals surface area contributed by atoms with E-state index < -0.39 is 0 Å². The van der Waals surface area contributed by atoms with Crippen LogP contribution < -0.4 is 11.1 Å². The number of thiophene rings is 1. The minimum Gasteiger partial charge on any atom is -0.399 e. The lowest BCUT2D eigenvalue weighted by Gasteiger charge is -2.04. The lowest BCUT2D eigenvalue weighted by atomic mass is 10.2. The molecule has 0 fully saturated rings. The summed E-state index contributed by atoms with van der Waals surface area (Å²) in [7, 11) is 0. The third-order valence-electron chi connectivity index (χ3n) is 2.20. The SMILES string of the molecule is Nc1cccc(C(=O)NCc2ccc(Br)s2)c1. The Hall–Kier alpha value is -1.33. The molecule has 3 nitrogen and oxygen atoms in total. The minimum absolute atomic E-state index is 0.109. The van der Waals surface area contributed by atoms with E-state index in [-0.39, 0.29) is 5.91 Å². The molecule has 0 atom stereocenters. The molecule has 0 aliphatic carbocycles. The normalized spacial score (nSPS) is 10.2. The maximum Gasteiger partial charge on any atom is 0.251 e. The number of amides is 1. The lowest BCUT2D eigenvalue weighted by molar-refractivity contribution is 0.0951. The first kappa shape index (κ1) is 12.1. The lowest BCUT2D eigenvalue weighted by Crippen LogP contribution is -2.22. The van der Waals surface area contributed by atoms with Gasteiger partial charge in [0.15, 0.2) is 0 Å². The number of anilines is 1. The molecule has 0 aliphatic rings. The second-order valence-electron chi connectivity index (χ2n) is 3.51. The van der Waals surface area contributed by atoms with Gasteiger partial charge in [-0.25, -0.2) is 0 Å². The molecule has 0 bridgehead atoms. The van der Waals surface area contributed by atoms with E-state index in [0.29, 0.717) is 17.8 Å². The van der Waals surface area contributed by atoms with Gasteiger partial charge in [-0.1, -0.05) is 6.07 Å². The third-order valence-corrected chi connectivity index (χ3v) is 3.82. The molecule has 0 unspecified atom stereocenters. The topological polar surface area (TPSA) is 55.1 Å². The highest BCUT2D eigenvalue weighted by atomic mass is 79.9. The van der Waals surface area contributed by atoms with E-state index in [1.54, 1.807) is 35.6 Å². The van der Waals surface area contributed by atoms with E-state index in [0.717, 1.165) is 8.66 Å². The zero-order valence-corrected chi connectivity index (χ0v) is 11.3. The quantitative estimate of drug-likeness (QED) is 0.856. The van der Waals surface area contributed by atoms with E-state index in [4.69, 9.17) is 5.73 Å². The van der Waals surface area contributed by atoms with Crippen molar-refractivity contribution in [2.24, 2.45) is 0 Å². The average Bonchev–Trinajstić information content (AvgIpc) is 2.72. The highest BCUT2D eigenvalue weighted by molar-refractivity contribution is 9.11. The Bertz CT molecular complexity index is 539. The Kier molecular flexibility index (Phi) is 3.81. The number of halogens is 1. The molecule has 17 heavy (non-hydrogen) atoms. The molecule has 2 aromatic rings. The van der Waals surface area contributed by atoms with Crippen LogP contribution in [-0.2, 0) is 6.54 Å². The molecule has 5 heteroatoms. The van der Waals surface area contributed by atoms with Crippen LogP contribution in [0.2, 0.25) is 0 Å². The summed E-state index contributed by atoms with van der Waals surface area (Å²) >= 11 is 4.99. The van der Waals surface area contributed by atoms with Gasteiger partial charge < -0.3 is 11.1 Å². The molecular formula is C12H11BrN2OS. The number of hydrogen-bond donors (Lipinski definition) is 2. The molecule has 2 rings (SSSR count). The predicted octanol–water partition coefficient (Wildman–Crippen LogP) is 3.02. The zero-order valence-electron chi connectivity index (χ0n) is 8.94. The summed E-state index contributed by atoms with van der Waals surface area (Å²) in [6.45, 7) is 0.532. The molecule has 3 N–H and O–H groups in total. The summed E-state index contributed by atoms with van der Waals surface area (Å²) in [6, 6.07) is 10.9. The number of nitrogen functional groups attached to an aromatic ring is 1. The standard InChI is InChI=1S/C12H11BrN2OS/c13-11-5-4-10(17-11)7-15-12(16)8-2-1-3-9(14)6-8/h1-6H,7,14H2,(H,15,16). The largest absolute Gasteiger partial charge is 0.399 e. The van der Waals surface area contributed by atoms with E-state index in [1.807, 2.05) is 12.1 Å². The fourth-order valence-corrected chi connectivity index (χ4v) is 2.82. The molecule has 1 aromatic carbocycles. The summed E-state index contributed by atoms with van der Waals surface area (Å²) in [5.74, 6) is -0.109. The number of rotatable bonds is 3. The second-order valence-corrected chi connectivity index (χ2v) is 6.06. The Morgan fingerprint density at radius 1 is 1.35 bits per heavy atom. The first-order valence-corrected chi connectivity index (χ1v) is 6.64. The van der Waals surface area contributed by atoms with Crippen molar-refractivity contribution in [1.29, 1.82) is 0 Å². The van der Waals surface area contributed by atoms with Crippen molar-refractivity contribution in [2.45, 2.75) is 6.54 Å². The van der Waals surface area contributed by atoms with Crippen LogP contribution in [0.3, 0.4) is 0 Å². The molecule has 0 aliphatic heterocycles. The van der Waals surface area contributed by atoms with E-state index in [2.05, 4.69) is 21.2 Å². The maximum absolute atomic E-state index is 11.8. The Labute approximate surface area is 112 Å². The predicted molar refractivity (Wildman–Crippen MR) is 74.0 cm³/mol. The maximum atomic E-state index is 11.8. The van der Waals surface area contributed by atoms with Crippen molar-refractivity contribution in [3.63, 3.8) is 0 Å². The van der Waals surface area contributed by atoms with Gasteiger partial charge in [0.05, 0.1) is 10.3 Å². The summed E-state index contributed by atoms with van der Waals surface area (Å²) in [6.07, 6.45) is 0. The van der Waals surface area contributed by atoms with Gasteiger partial charge in [0.25, 0.3) is 5.91 Å². The van der Waals surface area contributed by atoms with Crippen molar-refractivity contribution >= 4 is 38.9 Å². The average molecular weight is 311 g/mol. The fourth-order valence-electron chi connectivity index (χ4n) is 1.40. The Morgan fingerprint density at radius 2 is 2.18 bits per heavy atom. The molecule has 88 valence electrons. The van der Waals surface area contributed by atoms with Crippen LogP contribution in [0.1, 0.15) is 15.2 Å². The fraction of sp³-hybridized carbons (Fsp3) is 0.0833. The smallest absolute Gasteiger partial charge is 0.251 e. The van der Waals surface area contributed by atoms with Crippen LogP contribution >= 0.6 is 27.3 Å². The molecule has 0 spiro atoms. The Morgan fingerprint density at radius 3 is 2.82 bits per heavy atom. The van der Waals surface area contributed by atoms with E-state index in [9.17, 15) is 4.79 Å². The van der Waals surface area contributed by atoms with Crippen LogP contribution in [0.15, 0.2) is 40.2 Å². The number of benzene rings is 1. The van der Waals surface area contributed by atoms with Gasteiger partial charge in [-0.3, -0.25) is 4.79 Å². The van der Waals surface area contributed by atoms with Crippen molar-refractivity contribution in [3.8, 4) is 0 Å².